The zero-order chi connectivity index (χ0) is 23.2. The van der Waals surface area contributed by atoms with Gasteiger partial charge in [-0.2, -0.15) is 0 Å². The van der Waals surface area contributed by atoms with Crippen molar-refractivity contribution in [1.29, 1.82) is 10.8 Å². The predicted octanol–water partition coefficient (Wildman–Crippen LogP) is 1.61. The molecule has 7 heteroatoms. The zero-order valence-corrected chi connectivity index (χ0v) is 19.3. The second kappa shape index (κ2) is 14.3. The number of pyridine rings is 1. The van der Waals surface area contributed by atoms with Crippen LogP contribution in [0, 0.1) is 10.8 Å². The second-order valence-electron chi connectivity index (χ2n) is 7.46. The number of aromatic nitrogens is 1. The summed E-state index contributed by atoms with van der Waals surface area (Å²) in [5, 5.41) is 28.5. The van der Waals surface area contributed by atoms with Crippen LogP contribution < -0.4 is 21.6 Å². The van der Waals surface area contributed by atoms with E-state index in [1.54, 1.807) is 19.0 Å². The second-order valence-corrected chi connectivity index (χ2v) is 7.46. The van der Waals surface area contributed by atoms with E-state index in [0.717, 1.165) is 36.4 Å². The van der Waals surface area contributed by atoms with Crippen LogP contribution in [0.4, 0.5) is 0 Å². The molecule has 3 rings (SSSR count). The van der Waals surface area contributed by atoms with Gasteiger partial charge in [0.1, 0.15) is 11.5 Å². The highest BCUT2D eigenvalue weighted by Crippen LogP contribution is 2.17. The Hall–Kier alpha value is -2.77. The van der Waals surface area contributed by atoms with E-state index in [2.05, 4.69) is 28.5 Å². The molecule has 0 radical (unpaired) electrons. The van der Waals surface area contributed by atoms with Gasteiger partial charge >= 0.3 is 0 Å². The fourth-order valence-electron chi connectivity index (χ4n) is 2.79. The van der Waals surface area contributed by atoms with Crippen molar-refractivity contribution in [3.63, 3.8) is 0 Å². The van der Waals surface area contributed by atoms with Crippen molar-refractivity contribution >= 4 is 29.3 Å². The summed E-state index contributed by atoms with van der Waals surface area (Å²) < 4.78 is 0. The van der Waals surface area contributed by atoms with Gasteiger partial charge in [0.25, 0.3) is 0 Å². The van der Waals surface area contributed by atoms with Crippen LogP contribution in [0.1, 0.15) is 44.1 Å². The lowest BCUT2D eigenvalue weighted by atomic mass is 10.00. The first kappa shape index (κ1) is 26.3. The van der Waals surface area contributed by atoms with Crippen LogP contribution in [0.2, 0.25) is 0 Å². The number of hydrogen-bond donors (Lipinski definition) is 5. The van der Waals surface area contributed by atoms with Gasteiger partial charge in [-0.3, -0.25) is 15.8 Å². The van der Waals surface area contributed by atoms with E-state index in [1.165, 1.54) is 24.5 Å². The average molecular weight is 427 g/mol. The maximum Gasteiger partial charge on any atom is 0.146 e. The van der Waals surface area contributed by atoms with Crippen LogP contribution in [0.15, 0.2) is 30.1 Å². The third kappa shape index (κ3) is 8.86. The van der Waals surface area contributed by atoms with E-state index in [1.807, 2.05) is 25.5 Å². The SMILES string of the molecule is C1CC1.CN/C=C(\C/C=C(\CN)C(=N)C(=N)N(C)C)c1cnc2c(c1)=CCCC=2.CO. The van der Waals surface area contributed by atoms with Crippen LogP contribution >= 0.6 is 0 Å². The average Bonchev–Trinajstić information content (AvgIpc) is 3.68. The van der Waals surface area contributed by atoms with E-state index in [9.17, 15) is 0 Å². The highest BCUT2D eigenvalue weighted by Gasteiger charge is 2.12. The van der Waals surface area contributed by atoms with Gasteiger partial charge in [-0.05, 0) is 47.3 Å². The van der Waals surface area contributed by atoms with Crippen molar-refractivity contribution in [1.82, 2.24) is 15.2 Å². The molecule has 0 spiro atoms. The number of aliphatic hydroxyl groups excluding tert-OH is 1. The number of aliphatic hydroxyl groups is 1. The van der Waals surface area contributed by atoms with Crippen molar-refractivity contribution in [3.05, 3.63) is 46.2 Å². The van der Waals surface area contributed by atoms with E-state index in [0.29, 0.717) is 12.0 Å². The van der Waals surface area contributed by atoms with Gasteiger partial charge in [-0.25, -0.2) is 0 Å². The minimum Gasteiger partial charge on any atom is -0.400 e. The molecule has 0 saturated heterocycles. The first-order chi connectivity index (χ1) is 15.0. The summed E-state index contributed by atoms with van der Waals surface area (Å²) in [7, 11) is 6.37. The molecule has 1 heterocycles. The van der Waals surface area contributed by atoms with Gasteiger partial charge in [0, 0.05) is 47.2 Å². The standard InChI is InChI=1S/C20H28N6.C3H6.CH4O/c1-24-12-16(9-8-15(11-21)19(22)20(23)26(2)3)17-10-14-6-4-5-7-18(14)25-13-17;1-2-3-1;1-2/h6-8,10,12-13,22-24H,4-5,9,11,21H2,1-3H3;1-3H2;2H,1H3/b15-8+,16-12+,22-19?,23-20?;;. The summed E-state index contributed by atoms with van der Waals surface area (Å²) >= 11 is 0. The number of fused-ring (bicyclic) bond motifs is 1. The fraction of sp³-hybridized carbons (Fsp3) is 0.458. The van der Waals surface area contributed by atoms with Crippen LogP contribution in [0.5, 0.6) is 0 Å². The maximum atomic E-state index is 8.19. The molecule has 2 aliphatic rings. The van der Waals surface area contributed by atoms with Crippen molar-refractivity contribution in [2.45, 2.75) is 38.5 Å². The fourth-order valence-corrected chi connectivity index (χ4v) is 2.79. The number of hydrogen-bond acceptors (Lipinski definition) is 6. The molecule has 31 heavy (non-hydrogen) atoms. The number of nitrogens with one attached hydrogen (secondary N) is 3. The molecule has 0 aromatic carbocycles. The summed E-state index contributed by atoms with van der Waals surface area (Å²) in [6.45, 7) is 0.229. The van der Waals surface area contributed by atoms with E-state index >= 15 is 0 Å². The van der Waals surface area contributed by atoms with Gasteiger partial charge in [0.2, 0.25) is 0 Å². The van der Waals surface area contributed by atoms with Crippen molar-refractivity contribution < 1.29 is 5.11 Å². The molecule has 0 amide bonds. The molecular weight excluding hydrogens is 388 g/mol. The summed E-state index contributed by atoms with van der Waals surface area (Å²) in [5.74, 6) is 0.154. The molecule has 0 aliphatic heterocycles. The van der Waals surface area contributed by atoms with Gasteiger partial charge < -0.3 is 21.1 Å². The molecule has 2 aliphatic carbocycles. The minimum atomic E-state index is 0.154. The van der Waals surface area contributed by atoms with E-state index in [4.69, 9.17) is 21.7 Å². The summed E-state index contributed by atoms with van der Waals surface area (Å²) in [4.78, 5) is 6.18. The Morgan fingerprint density at radius 3 is 2.39 bits per heavy atom. The Kier molecular flexibility index (Phi) is 12.1. The number of nitrogens with zero attached hydrogens (tertiary/aromatic N) is 2. The van der Waals surface area contributed by atoms with Crippen molar-refractivity contribution in [2.75, 3.05) is 34.8 Å². The molecule has 0 bridgehead atoms. The predicted molar refractivity (Wildman–Crippen MR) is 132 cm³/mol. The molecule has 1 fully saturated rings. The quantitative estimate of drug-likeness (QED) is 0.335. The van der Waals surface area contributed by atoms with Crippen LogP contribution in [0.3, 0.4) is 0 Å². The molecule has 7 nitrogen and oxygen atoms in total. The normalized spacial score (nSPS) is 14.3. The molecule has 0 unspecified atom stereocenters. The lowest BCUT2D eigenvalue weighted by Crippen LogP contribution is -2.31. The Morgan fingerprint density at radius 1 is 1.19 bits per heavy atom. The monoisotopic (exact) mass is 426 g/mol. The van der Waals surface area contributed by atoms with Gasteiger partial charge in [0.05, 0.1) is 5.35 Å². The van der Waals surface area contributed by atoms with Crippen LogP contribution in [-0.2, 0) is 0 Å². The summed E-state index contributed by atoms with van der Waals surface area (Å²) in [6.07, 6.45) is 17.4. The topological polar surface area (TPSA) is 122 Å². The number of allylic oxidation sites excluding steroid dienone is 2. The molecule has 1 aromatic rings. The third-order valence-electron chi connectivity index (χ3n) is 4.65. The van der Waals surface area contributed by atoms with E-state index in [-0.39, 0.29) is 18.1 Å². The zero-order valence-electron chi connectivity index (χ0n) is 19.3. The highest BCUT2D eigenvalue weighted by atomic mass is 16.2. The molecule has 1 saturated carbocycles. The number of rotatable bonds is 7. The molecular formula is C24H38N6O. The Bertz CT molecular complexity index is 910. The molecule has 1 aromatic heterocycles. The van der Waals surface area contributed by atoms with Gasteiger partial charge in [-0.15, -0.1) is 0 Å². The van der Waals surface area contributed by atoms with Gasteiger partial charge in [0.15, 0.2) is 0 Å². The molecule has 170 valence electrons. The first-order valence-electron chi connectivity index (χ1n) is 10.7. The highest BCUT2D eigenvalue weighted by molar-refractivity contribution is 6.45. The third-order valence-corrected chi connectivity index (χ3v) is 4.65. The lowest BCUT2D eigenvalue weighted by molar-refractivity contribution is 0.399. The smallest absolute Gasteiger partial charge is 0.146 e. The Morgan fingerprint density at radius 2 is 1.84 bits per heavy atom. The van der Waals surface area contributed by atoms with Crippen LogP contribution in [0.25, 0.3) is 17.7 Å². The maximum absolute atomic E-state index is 8.19. The lowest BCUT2D eigenvalue weighted by Gasteiger charge is -2.16. The van der Waals surface area contributed by atoms with Crippen LogP contribution in [-0.4, -0.2) is 61.3 Å². The minimum absolute atomic E-state index is 0.154. The first-order valence-corrected chi connectivity index (χ1v) is 10.7. The van der Waals surface area contributed by atoms with Crippen molar-refractivity contribution in [2.24, 2.45) is 5.73 Å². The molecule has 6 N–H and O–H groups in total. The molecule has 0 atom stereocenters. The summed E-state index contributed by atoms with van der Waals surface area (Å²) in [6, 6.07) is 2.16. The number of amidine groups is 1. The number of nitrogens with two attached hydrogens (primary N) is 1. The van der Waals surface area contributed by atoms with E-state index < -0.39 is 0 Å². The Labute approximate surface area is 186 Å². The summed E-state index contributed by atoms with van der Waals surface area (Å²) in [5.41, 5.74) is 8.76. The van der Waals surface area contributed by atoms with Gasteiger partial charge in [-0.1, -0.05) is 37.5 Å². The Balaban J connectivity index is 0.000000859. The van der Waals surface area contributed by atoms with Crippen molar-refractivity contribution in [3.8, 4) is 0 Å². The largest absolute Gasteiger partial charge is 0.400 e.